The molecule has 4 N–H and O–H groups in total. The molecule has 0 saturated heterocycles. The van der Waals surface area contributed by atoms with Crippen molar-refractivity contribution in [3.05, 3.63) is 35.9 Å². The number of hydrogen-bond acceptors (Lipinski definition) is 6. The van der Waals surface area contributed by atoms with E-state index < -0.39 is 11.9 Å². The zero-order chi connectivity index (χ0) is 21.6. The molecule has 3 aromatic rings. The molecule has 0 radical (unpaired) electrons. The number of nitrogens with one attached hydrogen (secondary N) is 1. The van der Waals surface area contributed by atoms with Crippen LogP contribution in [0, 0.1) is 12.7 Å². The summed E-state index contributed by atoms with van der Waals surface area (Å²) in [5, 5.41) is 13.8. The highest BCUT2D eigenvalue weighted by atomic mass is 19.1. The van der Waals surface area contributed by atoms with Crippen molar-refractivity contribution in [2.45, 2.75) is 26.8 Å². The molecular formula is C21H22FN5O3. The van der Waals surface area contributed by atoms with E-state index in [0.717, 1.165) is 16.2 Å². The van der Waals surface area contributed by atoms with Crippen LogP contribution in [0.25, 0.3) is 21.9 Å². The van der Waals surface area contributed by atoms with E-state index in [4.69, 9.17) is 10.5 Å². The Morgan fingerprint density at radius 3 is 2.77 bits per heavy atom. The van der Waals surface area contributed by atoms with E-state index in [1.165, 1.54) is 6.20 Å². The van der Waals surface area contributed by atoms with Crippen molar-refractivity contribution in [2.24, 2.45) is 0 Å². The van der Waals surface area contributed by atoms with Crippen molar-refractivity contribution in [3.8, 4) is 17.0 Å². The average molecular weight is 411 g/mol. The third-order valence-electron chi connectivity index (χ3n) is 5.19. The Kier molecular flexibility index (Phi) is 4.81. The fraction of sp³-hybridized carbons (Fsp3) is 0.286. The van der Waals surface area contributed by atoms with Gasteiger partial charge in [-0.2, -0.15) is 0 Å². The van der Waals surface area contributed by atoms with Crippen LogP contribution in [-0.2, 0) is 0 Å². The minimum atomic E-state index is -1.12. The Morgan fingerprint density at radius 2 is 2.07 bits per heavy atom. The topological polar surface area (TPSA) is 114 Å². The molecule has 2 aromatic heterocycles. The minimum Gasteiger partial charge on any atom is -0.474 e. The third-order valence-corrected chi connectivity index (χ3v) is 5.19. The van der Waals surface area contributed by atoms with Crippen molar-refractivity contribution in [3.63, 3.8) is 0 Å². The molecule has 156 valence electrons. The van der Waals surface area contributed by atoms with Crippen molar-refractivity contribution in [2.75, 3.05) is 29.1 Å². The molecule has 0 unspecified atom stereocenters. The number of pyridine rings is 2. The zero-order valence-electron chi connectivity index (χ0n) is 16.9. The van der Waals surface area contributed by atoms with Gasteiger partial charge in [-0.3, -0.25) is 4.90 Å². The van der Waals surface area contributed by atoms with E-state index >= 15 is 4.39 Å². The molecule has 30 heavy (non-hydrogen) atoms. The number of benzene rings is 1. The maximum atomic E-state index is 15.2. The predicted octanol–water partition coefficient (Wildman–Crippen LogP) is 4.02. The first kappa shape index (κ1) is 19.7. The molecule has 0 aliphatic carbocycles. The van der Waals surface area contributed by atoms with Gasteiger partial charge in [0.15, 0.2) is 5.82 Å². The quantitative estimate of drug-likeness (QED) is 0.558. The molecule has 0 fully saturated rings. The highest BCUT2D eigenvalue weighted by Gasteiger charge is 2.23. The number of hydrogen-bond donors (Lipinski definition) is 3. The summed E-state index contributed by atoms with van der Waals surface area (Å²) >= 11 is 0. The maximum Gasteiger partial charge on any atom is 0.413 e. The van der Waals surface area contributed by atoms with Crippen LogP contribution in [0.15, 0.2) is 24.5 Å². The number of ether oxygens (including phenoxy) is 1. The molecule has 1 amide bonds. The molecule has 3 heterocycles. The number of aromatic nitrogens is 2. The number of carboxylic acid groups (broad SMARTS) is 1. The van der Waals surface area contributed by atoms with Gasteiger partial charge in [0.05, 0.1) is 5.69 Å². The van der Waals surface area contributed by atoms with Crippen LogP contribution in [0.2, 0.25) is 0 Å². The highest BCUT2D eigenvalue weighted by Crippen LogP contribution is 2.39. The van der Waals surface area contributed by atoms with Crippen LogP contribution in [0.5, 0.6) is 5.88 Å². The number of amides is 1. The van der Waals surface area contributed by atoms with Gasteiger partial charge < -0.3 is 20.9 Å². The van der Waals surface area contributed by atoms with E-state index in [0.29, 0.717) is 35.4 Å². The molecule has 0 atom stereocenters. The van der Waals surface area contributed by atoms with Gasteiger partial charge in [0.2, 0.25) is 5.88 Å². The molecule has 9 heteroatoms. The molecule has 4 rings (SSSR count). The second-order valence-electron chi connectivity index (χ2n) is 7.41. The number of halogens is 1. The van der Waals surface area contributed by atoms with Gasteiger partial charge >= 0.3 is 6.09 Å². The smallest absolute Gasteiger partial charge is 0.413 e. The Balaban J connectivity index is 1.91. The SMILES string of the molecule is Cc1c(-c2cc3cc(N(C(=O)O)C(C)C)ncc3c(N)c2F)cnc2c1NCCO2. The first-order valence-corrected chi connectivity index (χ1v) is 9.56. The summed E-state index contributed by atoms with van der Waals surface area (Å²) < 4.78 is 20.8. The second-order valence-corrected chi connectivity index (χ2v) is 7.41. The number of anilines is 3. The summed E-state index contributed by atoms with van der Waals surface area (Å²) in [5.74, 6) is 0.159. The lowest BCUT2D eigenvalue weighted by Gasteiger charge is -2.23. The number of nitrogen functional groups attached to an aromatic ring is 1. The molecule has 0 bridgehead atoms. The van der Waals surface area contributed by atoms with Crippen LogP contribution < -0.4 is 20.7 Å². The van der Waals surface area contributed by atoms with Crippen LogP contribution in [0.3, 0.4) is 0 Å². The fourth-order valence-electron chi connectivity index (χ4n) is 3.69. The van der Waals surface area contributed by atoms with Crippen molar-refractivity contribution in [1.29, 1.82) is 0 Å². The Labute approximate surface area is 172 Å². The Hall–Kier alpha value is -3.62. The monoisotopic (exact) mass is 411 g/mol. The number of nitrogens with zero attached hydrogens (tertiary/aromatic N) is 3. The standard InChI is InChI=1S/C21H22FN5O3/c1-10(2)27(21(28)29)16-7-12-6-13(17(22)18(23)15(12)9-25-16)14-8-26-20-19(11(14)3)24-4-5-30-20/h6-10,24H,4-5,23H2,1-3H3,(H,28,29). The largest absolute Gasteiger partial charge is 0.474 e. The van der Waals surface area contributed by atoms with Gasteiger partial charge in [-0.1, -0.05) is 0 Å². The van der Waals surface area contributed by atoms with Crippen LogP contribution in [-0.4, -0.2) is 40.4 Å². The molecule has 8 nitrogen and oxygen atoms in total. The number of carbonyl (C=O) groups is 1. The number of fused-ring (bicyclic) bond motifs is 2. The fourth-order valence-corrected chi connectivity index (χ4v) is 3.69. The van der Waals surface area contributed by atoms with Gasteiger partial charge in [0.1, 0.15) is 18.1 Å². The van der Waals surface area contributed by atoms with Crippen molar-refractivity contribution < 1.29 is 19.0 Å². The minimum absolute atomic E-state index is 0.0469. The van der Waals surface area contributed by atoms with E-state index in [1.54, 1.807) is 32.2 Å². The lowest BCUT2D eigenvalue weighted by molar-refractivity contribution is 0.200. The molecule has 0 saturated carbocycles. The summed E-state index contributed by atoms with van der Waals surface area (Å²) in [6, 6.07) is 2.93. The average Bonchev–Trinajstić information content (AvgIpc) is 2.71. The molecule has 1 aliphatic rings. The van der Waals surface area contributed by atoms with Gasteiger partial charge in [0.25, 0.3) is 0 Å². The van der Waals surface area contributed by atoms with Gasteiger partial charge in [-0.25, -0.2) is 19.2 Å². The first-order chi connectivity index (χ1) is 14.3. The summed E-state index contributed by atoms with van der Waals surface area (Å²) in [6.45, 7) is 6.52. The van der Waals surface area contributed by atoms with Crippen LogP contribution >= 0.6 is 0 Å². The normalized spacial score (nSPS) is 13.0. The van der Waals surface area contributed by atoms with Crippen LogP contribution in [0.1, 0.15) is 19.4 Å². The number of rotatable bonds is 3. The second kappa shape index (κ2) is 7.33. The summed E-state index contributed by atoms with van der Waals surface area (Å²) in [7, 11) is 0. The summed E-state index contributed by atoms with van der Waals surface area (Å²) in [6.07, 6.45) is 1.84. The summed E-state index contributed by atoms with van der Waals surface area (Å²) in [4.78, 5) is 21.3. The molecule has 1 aliphatic heterocycles. The zero-order valence-corrected chi connectivity index (χ0v) is 16.9. The lowest BCUT2D eigenvalue weighted by Crippen LogP contribution is -2.36. The maximum absolute atomic E-state index is 15.2. The van der Waals surface area contributed by atoms with E-state index in [9.17, 15) is 9.90 Å². The third kappa shape index (κ3) is 3.12. The van der Waals surface area contributed by atoms with E-state index in [2.05, 4.69) is 15.3 Å². The van der Waals surface area contributed by atoms with Gasteiger partial charge in [0, 0.05) is 41.5 Å². The molecular weight excluding hydrogens is 389 g/mol. The first-order valence-electron chi connectivity index (χ1n) is 9.56. The Morgan fingerprint density at radius 1 is 1.30 bits per heavy atom. The molecule has 1 aromatic carbocycles. The highest BCUT2D eigenvalue weighted by molar-refractivity contribution is 5.99. The van der Waals surface area contributed by atoms with Crippen molar-refractivity contribution >= 4 is 34.1 Å². The van der Waals surface area contributed by atoms with E-state index in [-0.39, 0.29) is 23.1 Å². The predicted molar refractivity (Wildman–Crippen MR) is 114 cm³/mol. The van der Waals surface area contributed by atoms with Crippen LogP contribution in [0.4, 0.5) is 26.4 Å². The summed E-state index contributed by atoms with van der Waals surface area (Å²) in [5.41, 5.74) is 8.42. The van der Waals surface area contributed by atoms with E-state index in [1.807, 2.05) is 6.92 Å². The van der Waals surface area contributed by atoms with Gasteiger partial charge in [-0.15, -0.1) is 0 Å². The lowest BCUT2D eigenvalue weighted by atomic mass is 9.97. The van der Waals surface area contributed by atoms with Crippen molar-refractivity contribution in [1.82, 2.24) is 9.97 Å². The Bertz CT molecular complexity index is 1170. The van der Waals surface area contributed by atoms with Gasteiger partial charge in [-0.05, 0) is 43.9 Å². The number of nitrogens with two attached hydrogens (primary N) is 1. The molecule has 0 spiro atoms.